The molecule has 2 aliphatic rings. The molecule has 0 heterocycles. The average Bonchev–Trinajstić information content (AvgIpc) is 3.76. The second-order valence-electron chi connectivity index (χ2n) is 18.2. The second-order valence-corrected chi connectivity index (χ2v) is 18.2. The van der Waals surface area contributed by atoms with Crippen LogP contribution in [0.15, 0.2) is 231 Å². The number of hydrogen-bond acceptors (Lipinski definition) is 1. The number of anilines is 3. The van der Waals surface area contributed by atoms with Crippen LogP contribution in [-0.2, 0) is 10.8 Å². The van der Waals surface area contributed by atoms with Gasteiger partial charge in [0.2, 0.25) is 0 Å². The van der Waals surface area contributed by atoms with Gasteiger partial charge in [-0.3, -0.25) is 0 Å². The molecule has 0 N–H and O–H groups in total. The van der Waals surface area contributed by atoms with E-state index in [1.165, 1.54) is 94.2 Å². The molecule has 0 aliphatic heterocycles. The smallest absolute Gasteiger partial charge is 0.0540 e. The highest BCUT2D eigenvalue weighted by Crippen LogP contribution is 2.56. The van der Waals surface area contributed by atoms with Crippen LogP contribution in [0.3, 0.4) is 0 Å². The molecule has 12 rings (SSSR count). The second kappa shape index (κ2) is 14.7. The van der Waals surface area contributed by atoms with Gasteiger partial charge in [-0.15, -0.1) is 0 Å². The zero-order valence-corrected chi connectivity index (χ0v) is 36.4. The van der Waals surface area contributed by atoms with Gasteiger partial charge >= 0.3 is 0 Å². The third kappa shape index (κ3) is 5.77. The van der Waals surface area contributed by atoms with E-state index >= 15 is 0 Å². The molecule has 0 spiro atoms. The number of nitrogens with zero attached hydrogens (tertiary/aromatic N) is 1. The highest BCUT2D eigenvalue weighted by molar-refractivity contribution is 6.00. The lowest BCUT2D eigenvalue weighted by Gasteiger charge is -2.31. The maximum atomic E-state index is 2.50. The Bertz CT molecular complexity index is 3430. The Morgan fingerprint density at radius 2 is 0.859 bits per heavy atom. The SMILES string of the molecule is CC1(C)c2ccccc2-c2c(-c3ccccc3N(c3ccc(-c4ccc5ccccc5c4)cc3)c3ccccc3-c3ccc4c(c3)-c3ccccc3C4(C)c3ccccc3)cccc21. The average molecular weight is 818 g/mol. The van der Waals surface area contributed by atoms with Crippen molar-refractivity contribution in [2.24, 2.45) is 0 Å². The summed E-state index contributed by atoms with van der Waals surface area (Å²) in [5, 5.41) is 2.50. The van der Waals surface area contributed by atoms with E-state index in [2.05, 4.69) is 256 Å². The Labute approximate surface area is 376 Å². The molecule has 304 valence electrons. The van der Waals surface area contributed by atoms with Gasteiger partial charge in [-0.1, -0.05) is 208 Å². The molecule has 0 bridgehead atoms. The maximum Gasteiger partial charge on any atom is 0.0540 e. The van der Waals surface area contributed by atoms with Gasteiger partial charge in [0.1, 0.15) is 0 Å². The largest absolute Gasteiger partial charge is 0.309 e. The van der Waals surface area contributed by atoms with Crippen LogP contribution >= 0.6 is 0 Å². The first kappa shape index (κ1) is 38.0. The van der Waals surface area contributed by atoms with Crippen molar-refractivity contribution in [1.82, 2.24) is 0 Å². The summed E-state index contributed by atoms with van der Waals surface area (Å²) in [6, 6.07) is 85.5. The molecule has 2 aliphatic carbocycles. The van der Waals surface area contributed by atoms with Gasteiger partial charge in [0.15, 0.2) is 0 Å². The van der Waals surface area contributed by atoms with Crippen LogP contribution < -0.4 is 4.90 Å². The minimum absolute atomic E-state index is 0.107. The molecule has 0 aromatic heterocycles. The van der Waals surface area contributed by atoms with Gasteiger partial charge < -0.3 is 4.90 Å². The summed E-state index contributed by atoms with van der Waals surface area (Å²) in [7, 11) is 0. The minimum Gasteiger partial charge on any atom is -0.309 e. The van der Waals surface area contributed by atoms with E-state index in [0.717, 1.165) is 17.1 Å². The fraction of sp³-hybridized carbons (Fsp3) is 0.0794. The fourth-order valence-electron chi connectivity index (χ4n) is 11.1. The van der Waals surface area contributed by atoms with E-state index in [4.69, 9.17) is 0 Å². The molecule has 1 unspecified atom stereocenters. The van der Waals surface area contributed by atoms with Crippen LogP contribution in [0.25, 0.3) is 66.4 Å². The predicted octanol–water partition coefficient (Wildman–Crippen LogP) is 17.0. The zero-order chi connectivity index (χ0) is 43.0. The third-order valence-corrected chi connectivity index (χ3v) is 14.4. The van der Waals surface area contributed by atoms with Crippen molar-refractivity contribution in [2.75, 3.05) is 4.90 Å². The van der Waals surface area contributed by atoms with Crippen LogP contribution in [0.1, 0.15) is 48.6 Å². The lowest BCUT2D eigenvalue weighted by atomic mass is 9.74. The third-order valence-electron chi connectivity index (χ3n) is 14.4. The van der Waals surface area contributed by atoms with Crippen LogP contribution in [0.5, 0.6) is 0 Å². The van der Waals surface area contributed by atoms with Crippen LogP contribution in [0.4, 0.5) is 17.1 Å². The molecule has 10 aromatic carbocycles. The molecular formula is C63H47N. The van der Waals surface area contributed by atoms with Gasteiger partial charge in [0.05, 0.1) is 11.4 Å². The summed E-state index contributed by atoms with van der Waals surface area (Å²) in [4.78, 5) is 2.50. The van der Waals surface area contributed by atoms with E-state index in [1.807, 2.05) is 0 Å². The Hall–Kier alpha value is -7.74. The van der Waals surface area contributed by atoms with Crippen molar-refractivity contribution in [2.45, 2.75) is 31.6 Å². The standard InChI is InChI=1S/C63H47N/c1-62(2)55-27-13-10-25-53(55)61-52(26-17-29-58(61)62)51-24-12-16-31-60(51)64(48-37-34-43(35-38-48)45-33-32-42-18-7-8-19-44(42)40-45)59-30-15-11-22-49(59)46-36-39-57-54(41-46)50-23-9-14-28-56(50)63(57,3)47-20-5-4-6-21-47/h4-41H,1-3H3. The van der Waals surface area contributed by atoms with E-state index in [1.54, 1.807) is 0 Å². The number of hydrogen-bond donors (Lipinski definition) is 0. The normalized spacial score (nSPS) is 15.3. The van der Waals surface area contributed by atoms with E-state index in [0.29, 0.717) is 0 Å². The molecule has 0 amide bonds. The molecule has 1 heteroatoms. The topological polar surface area (TPSA) is 3.24 Å². The Balaban J connectivity index is 1.06. The zero-order valence-electron chi connectivity index (χ0n) is 36.4. The highest BCUT2D eigenvalue weighted by atomic mass is 15.1. The Morgan fingerprint density at radius 1 is 0.312 bits per heavy atom. The van der Waals surface area contributed by atoms with Crippen molar-refractivity contribution in [3.63, 3.8) is 0 Å². The number of benzene rings is 10. The maximum absolute atomic E-state index is 2.50. The van der Waals surface area contributed by atoms with Crippen LogP contribution in [-0.4, -0.2) is 0 Å². The minimum atomic E-state index is -0.258. The molecule has 0 radical (unpaired) electrons. The van der Waals surface area contributed by atoms with Crippen LogP contribution in [0.2, 0.25) is 0 Å². The Kier molecular flexibility index (Phi) is 8.71. The molecule has 0 saturated heterocycles. The number of fused-ring (bicyclic) bond motifs is 7. The molecule has 0 saturated carbocycles. The summed E-state index contributed by atoms with van der Waals surface area (Å²) < 4.78 is 0. The lowest BCUT2D eigenvalue weighted by Crippen LogP contribution is -2.22. The molecule has 64 heavy (non-hydrogen) atoms. The van der Waals surface area contributed by atoms with E-state index < -0.39 is 0 Å². The summed E-state index contributed by atoms with van der Waals surface area (Å²) in [6.07, 6.45) is 0. The summed E-state index contributed by atoms with van der Waals surface area (Å²) in [6.45, 7) is 7.12. The molecule has 0 fully saturated rings. The van der Waals surface area contributed by atoms with E-state index in [-0.39, 0.29) is 10.8 Å². The van der Waals surface area contributed by atoms with Crippen molar-refractivity contribution in [1.29, 1.82) is 0 Å². The quantitative estimate of drug-likeness (QED) is 0.155. The number of rotatable bonds is 7. The van der Waals surface area contributed by atoms with Crippen molar-refractivity contribution in [3.8, 4) is 55.6 Å². The summed E-state index contributed by atoms with van der Waals surface area (Å²) in [5.41, 5.74) is 22.2. The summed E-state index contributed by atoms with van der Waals surface area (Å²) in [5.74, 6) is 0. The number of para-hydroxylation sites is 2. The first-order chi connectivity index (χ1) is 31.4. The van der Waals surface area contributed by atoms with Crippen LogP contribution in [0, 0.1) is 0 Å². The first-order valence-electron chi connectivity index (χ1n) is 22.5. The van der Waals surface area contributed by atoms with Gasteiger partial charge in [0.25, 0.3) is 0 Å². The predicted molar refractivity (Wildman–Crippen MR) is 270 cm³/mol. The van der Waals surface area contributed by atoms with Gasteiger partial charge in [-0.25, -0.2) is 0 Å². The van der Waals surface area contributed by atoms with Crippen molar-refractivity contribution in [3.05, 3.63) is 258 Å². The lowest BCUT2D eigenvalue weighted by molar-refractivity contribution is 0.660. The van der Waals surface area contributed by atoms with E-state index in [9.17, 15) is 0 Å². The van der Waals surface area contributed by atoms with Crippen molar-refractivity contribution >= 4 is 27.8 Å². The van der Waals surface area contributed by atoms with Gasteiger partial charge in [-0.2, -0.15) is 0 Å². The fourth-order valence-corrected chi connectivity index (χ4v) is 11.1. The van der Waals surface area contributed by atoms with Gasteiger partial charge in [-0.05, 0) is 126 Å². The molecule has 1 nitrogen and oxygen atoms in total. The molecular weight excluding hydrogens is 771 g/mol. The monoisotopic (exact) mass is 817 g/mol. The highest BCUT2D eigenvalue weighted by Gasteiger charge is 2.41. The summed E-state index contributed by atoms with van der Waals surface area (Å²) >= 11 is 0. The first-order valence-corrected chi connectivity index (χ1v) is 22.5. The van der Waals surface area contributed by atoms with Gasteiger partial charge in [0, 0.05) is 27.6 Å². The molecule has 10 aromatic rings. The molecule has 1 atom stereocenters. The Morgan fingerprint density at radius 3 is 1.64 bits per heavy atom. The van der Waals surface area contributed by atoms with Crippen molar-refractivity contribution < 1.29 is 0 Å².